The lowest BCUT2D eigenvalue weighted by Gasteiger charge is -2.06. The van der Waals surface area contributed by atoms with E-state index in [1.165, 1.54) is 0 Å². The number of amides is 1. The minimum absolute atomic E-state index is 0.119. The summed E-state index contributed by atoms with van der Waals surface area (Å²) in [6.07, 6.45) is 3.06. The maximum absolute atomic E-state index is 11.3. The maximum Gasteiger partial charge on any atom is 0.220 e. The average Bonchev–Trinajstić information content (AvgIpc) is 2.63. The number of nitrogens with zero attached hydrogens (tertiary/aromatic N) is 1. The molecule has 1 heterocycles. The highest BCUT2D eigenvalue weighted by molar-refractivity contribution is 7.09. The lowest BCUT2D eigenvalue weighted by Crippen LogP contribution is -2.27. The third kappa shape index (κ3) is 4.37. The summed E-state index contributed by atoms with van der Waals surface area (Å²) < 4.78 is 0. The highest BCUT2D eigenvalue weighted by atomic mass is 32.1. The zero-order valence-corrected chi connectivity index (χ0v) is 9.43. The molecule has 1 amide bonds. The minimum Gasteiger partial charge on any atom is -0.356 e. The van der Waals surface area contributed by atoms with Gasteiger partial charge in [-0.25, -0.2) is 4.98 Å². The molecule has 3 nitrogen and oxygen atoms in total. The van der Waals surface area contributed by atoms with E-state index >= 15 is 0 Å². The van der Waals surface area contributed by atoms with Crippen molar-refractivity contribution in [3.05, 3.63) is 16.6 Å². The third-order valence-electron chi connectivity index (χ3n) is 1.76. The van der Waals surface area contributed by atoms with Crippen molar-refractivity contribution in [2.24, 2.45) is 5.92 Å². The molecule has 1 N–H and O–H groups in total. The van der Waals surface area contributed by atoms with Gasteiger partial charge in [0.2, 0.25) is 5.91 Å². The SMILES string of the molecule is CC(C)CNC(=O)CCc1nccs1. The summed E-state index contributed by atoms with van der Waals surface area (Å²) in [7, 11) is 0. The smallest absolute Gasteiger partial charge is 0.220 e. The molecule has 0 fully saturated rings. The first-order valence-electron chi connectivity index (χ1n) is 4.83. The Balaban J connectivity index is 2.15. The van der Waals surface area contributed by atoms with Crippen LogP contribution in [0.25, 0.3) is 0 Å². The van der Waals surface area contributed by atoms with Crippen molar-refractivity contribution in [1.82, 2.24) is 10.3 Å². The Labute approximate surface area is 88.6 Å². The molecule has 0 aliphatic rings. The van der Waals surface area contributed by atoms with Crippen molar-refractivity contribution >= 4 is 17.2 Å². The van der Waals surface area contributed by atoms with Crippen LogP contribution in [0.15, 0.2) is 11.6 Å². The highest BCUT2D eigenvalue weighted by Crippen LogP contribution is 2.06. The minimum atomic E-state index is 0.119. The van der Waals surface area contributed by atoms with Crippen molar-refractivity contribution < 1.29 is 4.79 Å². The molecule has 14 heavy (non-hydrogen) atoms. The van der Waals surface area contributed by atoms with Gasteiger partial charge in [0.25, 0.3) is 0 Å². The van der Waals surface area contributed by atoms with Crippen LogP contribution in [0.3, 0.4) is 0 Å². The molecule has 0 saturated heterocycles. The largest absolute Gasteiger partial charge is 0.356 e. The van der Waals surface area contributed by atoms with Crippen LogP contribution >= 0.6 is 11.3 Å². The molecule has 0 bridgehead atoms. The van der Waals surface area contributed by atoms with Crippen LogP contribution in [-0.4, -0.2) is 17.4 Å². The van der Waals surface area contributed by atoms with E-state index in [1.807, 2.05) is 5.38 Å². The Morgan fingerprint density at radius 1 is 1.64 bits per heavy atom. The predicted octanol–water partition coefficient (Wildman–Crippen LogP) is 1.85. The predicted molar refractivity (Wildman–Crippen MR) is 58.3 cm³/mol. The molecule has 0 aliphatic carbocycles. The number of thiazole rings is 1. The molecule has 0 radical (unpaired) electrons. The number of hydrogen-bond donors (Lipinski definition) is 1. The molecular weight excluding hydrogens is 196 g/mol. The van der Waals surface area contributed by atoms with E-state index in [0.29, 0.717) is 12.3 Å². The summed E-state index contributed by atoms with van der Waals surface area (Å²) in [4.78, 5) is 15.4. The second-order valence-electron chi connectivity index (χ2n) is 3.62. The van der Waals surface area contributed by atoms with Gasteiger partial charge in [0.15, 0.2) is 0 Å². The van der Waals surface area contributed by atoms with Crippen LogP contribution < -0.4 is 5.32 Å². The third-order valence-corrected chi connectivity index (χ3v) is 2.60. The van der Waals surface area contributed by atoms with Gasteiger partial charge < -0.3 is 5.32 Å². The molecule has 0 spiro atoms. The molecule has 0 aromatic carbocycles. The monoisotopic (exact) mass is 212 g/mol. The first kappa shape index (κ1) is 11.2. The number of carbonyl (C=O) groups excluding carboxylic acids is 1. The van der Waals surface area contributed by atoms with E-state index in [1.54, 1.807) is 17.5 Å². The fraction of sp³-hybridized carbons (Fsp3) is 0.600. The summed E-state index contributed by atoms with van der Waals surface area (Å²) in [5.74, 6) is 0.632. The Kier molecular flexibility index (Phi) is 4.59. The molecule has 1 aromatic heterocycles. The van der Waals surface area contributed by atoms with Crippen LogP contribution in [0.1, 0.15) is 25.3 Å². The van der Waals surface area contributed by atoms with E-state index < -0.39 is 0 Å². The average molecular weight is 212 g/mol. The first-order valence-corrected chi connectivity index (χ1v) is 5.71. The lowest BCUT2D eigenvalue weighted by atomic mass is 10.2. The van der Waals surface area contributed by atoms with Crippen LogP contribution in [0, 0.1) is 5.92 Å². The second-order valence-corrected chi connectivity index (χ2v) is 4.60. The van der Waals surface area contributed by atoms with E-state index in [9.17, 15) is 4.79 Å². The Hall–Kier alpha value is -0.900. The number of carbonyl (C=O) groups is 1. The first-order chi connectivity index (χ1) is 6.68. The molecule has 1 rings (SSSR count). The molecule has 1 aromatic rings. The molecule has 0 atom stereocenters. The van der Waals surface area contributed by atoms with E-state index in [2.05, 4.69) is 24.1 Å². The molecule has 0 unspecified atom stereocenters. The van der Waals surface area contributed by atoms with Gasteiger partial charge in [0.1, 0.15) is 0 Å². The van der Waals surface area contributed by atoms with Gasteiger partial charge in [-0.3, -0.25) is 4.79 Å². The van der Waals surface area contributed by atoms with Gasteiger partial charge >= 0.3 is 0 Å². The van der Waals surface area contributed by atoms with Crippen molar-refractivity contribution in [2.75, 3.05) is 6.54 Å². The number of rotatable bonds is 5. The summed E-state index contributed by atoms with van der Waals surface area (Å²) in [6.45, 7) is 4.93. The molecule has 4 heteroatoms. The highest BCUT2D eigenvalue weighted by Gasteiger charge is 2.03. The van der Waals surface area contributed by atoms with E-state index in [4.69, 9.17) is 0 Å². The standard InChI is InChI=1S/C10H16N2OS/c1-8(2)7-12-9(13)3-4-10-11-5-6-14-10/h5-6,8H,3-4,7H2,1-2H3,(H,12,13). The second kappa shape index (κ2) is 5.75. The molecular formula is C10H16N2OS. The number of aryl methyl sites for hydroxylation is 1. The topological polar surface area (TPSA) is 42.0 Å². The van der Waals surface area contributed by atoms with Crippen LogP contribution in [0.2, 0.25) is 0 Å². The Bertz CT molecular complexity index is 270. The van der Waals surface area contributed by atoms with E-state index in [0.717, 1.165) is 18.0 Å². The number of hydrogen-bond acceptors (Lipinski definition) is 3. The van der Waals surface area contributed by atoms with Crippen molar-refractivity contribution in [3.63, 3.8) is 0 Å². The van der Waals surface area contributed by atoms with Gasteiger partial charge in [0.05, 0.1) is 5.01 Å². The van der Waals surface area contributed by atoms with Crippen molar-refractivity contribution in [1.29, 1.82) is 0 Å². The summed E-state index contributed by atoms with van der Waals surface area (Å²) in [5.41, 5.74) is 0. The fourth-order valence-corrected chi connectivity index (χ4v) is 1.62. The van der Waals surface area contributed by atoms with Crippen LogP contribution in [0.5, 0.6) is 0 Å². The van der Waals surface area contributed by atoms with Gasteiger partial charge in [-0.2, -0.15) is 0 Å². The fourth-order valence-electron chi connectivity index (χ4n) is 1.00. The summed E-state index contributed by atoms with van der Waals surface area (Å²) >= 11 is 1.60. The lowest BCUT2D eigenvalue weighted by molar-refractivity contribution is -0.121. The Morgan fingerprint density at radius 3 is 3.00 bits per heavy atom. The summed E-state index contributed by atoms with van der Waals surface area (Å²) in [6, 6.07) is 0. The normalized spacial score (nSPS) is 10.5. The van der Waals surface area contributed by atoms with Gasteiger partial charge in [-0.05, 0) is 5.92 Å². The zero-order valence-electron chi connectivity index (χ0n) is 8.62. The maximum atomic E-state index is 11.3. The van der Waals surface area contributed by atoms with Crippen molar-refractivity contribution in [2.45, 2.75) is 26.7 Å². The Morgan fingerprint density at radius 2 is 2.43 bits per heavy atom. The van der Waals surface area contributed by atoms with Crippen LogP contribution in [-0.2, 0) is 11.2 Å². The number of nitrogens with one attached hydrogen (secondary N) is 1. The van der Waals surface area contributed by atoms with Gasteiger partial charge in [-0.15, -0.1) is 11.3 Å². The quantitative estimate of drug-likeness (QED) is 0.809. The molecule has 0 saturated carbocycles. The molecule has 78 valence electrons. The summed E-state index contributed by atoms with van der Waals surface area (Å²) in [5, 5.41) is 5.85. The number of aromatic nitrogens is 1. The van der Waals surface area contributed by atoms with Crippen LogP contribution in [0.4, 0.5) is 0 Å². The van der Waals surface area contributed by atoms with E-state index in [-0.39, 0.29) is 5.91 Å². The van der Waals surface area contributed by atoms with Crippen molar-refractivity contribution in [3.8, 4) is 0 Å². The zero-order chi connectivity index (χ0) is 10.4. The van der Waals surface area contributed by atoms with Gasteiger partial charge in [0, 0.05) is 31.0 Å². The van der Waals surface area contributed by atoms with Gasteiger partial charge in [-0.1, -0.05) is 13.8 Å². The molecule has 0 aliphatic heterocycles.